The van der Waals surface area contributed by atoms with Gasteiger partial charge in [-0.25, -0.2) is 0 Å². The summed E-state index contributed by atoms with van der Waals surface area (Å²) in [6.07, 6.45) is 0. The highest BCUT2D eigenvalue weighted by Crippen LogP contribution is 2.61. The number of hydrogen-bond donors (Lipinski definition) is 0. The Kier molecular flexibility index (Phi) is 11.6. The van der Waals surface area contributed by atoms with E-state index < -0.39 is 5.41 Å². The van der Waals surface area contributed by atoms with Gasteiger partial charge < -0.3 is 9.80 Å². The molecule has 2 heteroatoms. The molecule has 14 aromatic carbocycles. The first-order valence-electron chi connectivity index (χ1n) is 28.1. The molecule has 0 aliphatic heterocycles. The third-order valence-corrected chi connectivity index (χ3v) is 17.0. The van der Waals surface area contributed by atoms with E-state index in [1.165, 1.54) is 110 Å². The van der Waals surface area contributed by atoms with E-state index in [4.69, 9.17) is 0 Å². The quantitative estimate of drug-likeness (QED) is 0.126. The normalized spacial score (nSPS) is 12.4. The van der Waals surface area contributed by atoms with Gasteiger partial charge in [0.25, 0.3) is 0 Å². The Morgan fingerprint density at radius 1 is 0.259 bits per heavy atom. The first-order chi connectivity index (χ1) is 40.0. The van der Waals surface area contributed by atoms with Crippen molar-refractivity contribution in [3.63, 3.8) is 0 Å². The molecule has 0 aromatic heterocycles. The van der Waals surface area contributed by atoms with Gasteiger partial charge in [0.2, 0.25) is 0 Å². The van der Waals surface area contributed by atoms with E-state index in [-0.39, 0.29) is 0 Å². The maximum atomic E-state index is 2.51. The zero-order valence-corrected chi connectivity index (χ0v) is 45.3. The summed E-state index contributed by atoms with van der Waals surface area (Å²) in [6, 6.07) is 113. The first kappa shape index (κ1) is 47.9. The van der Waals surface area contributed by atoms with Crippen molar-refractivity contribution < 1.29 is 0 Å². The van der Waals surface area contributed by atoms with Crippen molar-refractivity contribution in [3.8, 4) is 33.4 Å². The van der Waals surface area contributed by atoms with Crippen LogP contribution in [0.5, 0.6) is 0 Å². The van der Waals surface area contributed by atoms with Crippen molar-refractivity contribution in [2.24, 2.45) is 0 Å². The van der Waals surface area contributed by atoms with E-state index in [1.54, 1.807) is 0 Å². The first-order valence-corrected chi connectivity index (χ1v) is 28.1. The highest BCUT2D eigenvalue weighted by molar-refractivity contribution is 6.20. The molecular formula is C79H56N2. The smallest absolute Gasteiger partial charge is 0.0720 e. The van der Waals surface area contributed by atoms with Crippen molar-refractivity contribution >= 4 is 77.2 Å². The highest BCUT2D eigenvalue weighted by Gasteiger charge is 2.48. The number of aryl methyl sites for hydroxylation is 2. The molecule has 14 aromatic rings. The summed E-state index contributed by atoms with van der Waals surface area (Å²) in [5, 5.41) is 9.84. The topological polar surface area (TPSA) is 6.48 Å². The average Bonchev–Trinajstić information content (AvgIpc) is 4.02. The van der Waals surface area contributed by atoms with E-state index in [0.29, 0.717) is 0 Å². The second-order valence-electron chi connectivity index (χ2n) is 21.7. The lowest BCUT2D eigenvalue weighted by Crippen LogP contribution is -2.29. The molecular weight excluding hydrogens is 977 g/mol. The molecule has 0 fully saturated rings. The predicted molar refractivity (Wildman–Crippen MR) is 343 cm³/mol. The maximum absolute atomic E-state index is 2.51. The fraction of sp³-hybridized carbons (Fsp3) is 0.0380. The molecule has 0 unspecified atom stereocenters. The Morgan fingerprint density at radius 2 is 0.679 bits per heavy atom. The van der Waals surface area contributed by atoms with Crippen molar-refractivity contribution in [3.05, 3.63) is 337 Å². The molecule has 382 valence electrons. The van der Waals surface area contributed by atoms with Crippen LogP contribution in [0.4, 0.5) is 34.1 Å². The molecule has 0 radical (unpaired) electrons. The zero-order chi connectivity index (χ0) is 54.0. The molecule has 0 atom stereocenters. The Bertz CT molecular complexity index is 4660. The van der Waals surface area contributed by atoms with Gasteiger partial charge in [-0.15, -0.1) is 0 Å². The van der Waals surface area contributed by atoms with Crippen LogP contribution in [-0.2, 0) is 5.41 Å². The molecule has 0 bridgehead atoms. The van der Waals surface area contributed by atoms with Crippen LogP contribution in [0.15, 0.2) is 303 Å². The molecule has 2 nitrogen and oxygen atoms in total. The lowest BCUT2D eigenvalue weighted by molar-refractivity contribution is 0.776. The summed E-state index contributed by atoms with van der Waals surface area (Å²) < 4.78 is 0. The molecule has 1 aliphatic rings. The van der Waals surface area contributed by atoms with Gasteiger partial charge >= 0.3 is 0 Å². The van der Waals surface area contributed by atoms with Gasteiger partial charge in [0.1, 0.15) is 0 Å². The van der Waals surface area contributed by atoms with E-state index in [2.05, 4.69) is 327 Å². The van der Waals surface area contributed by atoms with Crippen LogP contribution in [0.25, 0.3) is 76.5 Å². The minimum Gasteiger partial charge on any atom is -0.310 e. The van der Waals surface area contributed by atoms with Gasteiger partial charge in [0, 0.05) is 34.1 Å². The van der Waals surface area contributed by atoms with Crippen LogP contribution < -0.4 is 9.80 Å². The Morgan fingerprint density at radius 3 is 1.22 bits per heavy atom. The van der Waals surface area contributed by atoms with Crippen LogP contribution in [-0.4, -0.2) is 0 Å². The zero-order valence-electron chi connectivity index (χ0n) is 45.3. The molecule has 0 spiro atoms. The third-order valence-electron chi connectivity index (χ3n) is 17.0. The predicted octanol–water partition coefficient (Wildman–Crippen LogP) is 21.6. The second kappa shape index (κ2) is 19.6. The standard InChI is InChI=1S/C79H56N2/c1-53-37-41-61(42-38-53)80(63-29-15-23-57(49-63)69-35-17-21-55-19-9-11-31-67(55)69)65-45-47-73-75(51-65)71-33-13-14-34-72(71)77-74-48-46-66(52-76(74)79(78(73)77,59-25-5-3-6-26-59)60-27-7-4-8-28-60)81(62-43-39-54(2)40-44-62)64-30-16-24-58(50-64)70-36-18-22-56-20-10-12-32-68(56)70/h3-52H,1-2H3. The number of anilines is 6. The molecule has 1 aliphatic carbocycles. The second-order valence-corrected chi connectivity index (χ2v) is 21.7. The fourth-order valence-corrected chi connectivity index (χ4v) is 13.3. The maximum Gasteiger partial charge on any atom is 0.0720 e. The SMILES string of the molecule is Cc1ccc(N(c2cccc(-c3cccc4ccccc34)c2)c2ccc3c(c2)C(c2ccccc2)(c2ccccc2)c2c-3c3ccccc3c3cc(N(c4ccc(C)cc4)c4cccc(-c5cccc6ccccc56)c4)ccc23)cc1. The average molecular weight is 1030 g/mol. The van der Waals surface area contributed by atoms with Gasteiger partial charge in [0.05, 0.1) is 5.41 Å². The molecule has 0 N–H and O–H groups in total. The van der Waals surface area contributed by atoms with E-state index >= 15 is 0 Å². The summed E-state index contributed by atoms with van der Waals surface area (Å²) in [6.45, 7) is 4.33. The molecule has 0 amide bonds. The minimum atomic E-state index is -0.722. The largest absolute Gasteiger partial charge is 0.310 e. The lowest BCUT2D eigenvalue weighted by Gasteiger charge is -2.36. The van der Waals surface area contributed by atoms with E-state index in [0.717, 1.165) is 34.1 Å². The van der Waals surface area contributed by atoms with Gasteiger partial charge in [-0.3, -0.25) is 0 Å². The molecule has 0 heterocycles. The molecule has 81 heavy (non-hydrogen) atoms. The van der Waals surface area contributed by atoms with Crippen molar-refractivity contribution in [1.29, 1.82) is 0 Å². The number of nitrogens with zero attached hydrogens (tertiary/aromatic N) is 2. The van der Waals surface area contributed by atoms with Gasteiger partial charge in [-0.2, -0.15) is 0 Å². The van der Waals surface area contributed by atoms with E-state index in [9.17, 15) is 0 Å². The van der Waals surface area contributed by atoms with E-state index in [1.807, 2.05) is 0 Å². The fourth-order valence-electron chi connectivity index (χ4n) is 13.3. The van der Waals surface area contributed by atoms with Crippen molar-refractivity contribution in [1.82, 2.24) is 0 Å². The minimum absolute atomic E-state index is 0.722. The molecule has 15 rings (SSSR count). The molecule has 0 saturated heterocycles. The van der Waals surface area contributed by atoms with Crippen LogP contribution in [0.3, 0.4) is 0 Å². The van der Waals surface area contributed by atoms with Crippen LogP contribution in [0, 0.1) is 13.8 Å². The highest BCUT2D eigenvalue weighted by atomic mass is 15.1. The van der Waals surface area contributed by atoms with Gasteiger partial charge in [0.15, 0.2) is 0 Å². The number of benzene rings is 14. The Hall–Kier alpha value is -10.3. The summed E-state index contributed by atoms with van der Waals surface area (Å²) in [5.41, 5.74) is 20.6. The number of fused-ring (bicyclic) bond motifs is 10. The van der Waals surface area contributed by atoms with Crippen molar-refractivity contribution in [2.45, 2.75) is 19.3 Å². The number of rotatable bonds is 10. The molecule has 0 saturated carbocycles. The third kappa shape index (κ3) is 7.94. The number of hydrogen-bond acceptors (Lipinski definition) is 2. The summed E-state index contributed by atoms with van der Waals surface area (Å²) in [5.74, 6) is 0. The van der Waals surface area contributed by atoms with Crippen molar-refractivity contribution in [2.75, 3.05) is 9.80 Å². The van der Waals surface area contributed by atoms with Crippen LogP contribution >= 0.6 is 0 Å². The summed E-state index contributed by atoms with van der Waals surface area (Å²) in [4.78, 5) is 4.89. The van der Waals surface area contributed by atoms with Crippen LogP contribution in [0.1, 0.15) is 33.4 Å². The summed E-state index contributed by atoms with van der Waals surface area (Å²) in [7, 11) is 0. The summed E-state index contributed by atoms with van der Waals surface area (Å²) >= 11 is 0. The lowest BCUT2D eigenvalue weighted by atomic mass is 9.66. The monoisotopic (exact) mass is 1030 g/mol. The Labute approximate surface area is 473 Å². The van der Waals surface area contributed by atoms with Gasteiger partial charge in [-0.05, 0) is 185 Å². The Balaban J connectivity index is 0.977. The van der Waals surface area contributed by atoms with Gasteiger partial charge in [-0.1, -0.05) is 242 Å². The van der Waals surface area contributed by atoms with Crippen LogP contribution in [0.2, 0.25) is 0 Å².